The number of aliphatic hydroxyl groups is 1. The zero-order chi connectivity index (χ0) is 23.4. The van der Waals surface area contributed by atoms with Crippen LogP contribution < -0.4 is 11.4 Å². The first-order chi connectivity index (χ1) is 16.0. The molecule has 184 valence electrons. The lowest BCUT2D eigenvalue weighted by molar-refractivity contribution is 0.183. The monoisotopic (exact) mass is 507 g/mol. The SMILES string of the molecule is CCO.Cl.O=c1[nH]c2ccccc2n1CCCN1CCC(n2c(=O)[nH]c3cc(Cl)ccc32)CC1. The van der Waals surface area contributed by atoms with Crippen LogP contribution in [-0.2, 0) is 6.54 Å². The molecule has 4 aromatic rings. The number of aryl methyl sites for hydroxylation is 1. The first-order valence-corrected chi connectivity index (χ1v) is 11.8. The molecule has 10 heteroatoms. The Hall–Kier alpha value is -2.52. The number of nitrogens with one attached hydrogen (secondary N) is 2. The van der Waals surface area contributed by atoms with Crippen LogP contribution in [0.4, 0.5) is 0 Å². The summed E-state index contributed by atoms with van der Waals surface area (Å²) < 4.78 is 3.70. The van der Waals surface area contributed by atoms with E-state index in [4.69, 9.17) is 16.7 Å². The van der Waals surface area contributed by atoms with Crippen molar-refractivity contribution in [1.82, 2.24) is 24.0 Å². The van der Waals surface area contributed by atoms with Crippen molar-refractivity contribution in [3.63, 3.8) is 0 Å². The minimum Gasteiger partial charge on any atom is -0.397 e. The Morgan fingerprint density at radius 2 is 1.65 bits per heavy atom. The van der Waals surface area contributed by atoms with Gasteiger partial charge in [-0.25, -0.2) is 9.59 Å². The maximum atomic E-state index is 12.5. The van der Waals surface area contributed by atoms with Crippen molar-refractivity contribution in [2.24, 2.45) is 0 Å². The third-order valence-corrected chi connectivity index (χ3v) is 6.37. The minimum absolute atomic E-state index is 0. The molecule has 2 aromatic heterocycles. The van der Waals surface area contributed by atoms with Gasteiger partial charge in [-0.1, -0.05) is 23.7 Å². The van der Waals surface area contributed by atoms with Crippen LogP contribution >= 0.6 is 24.0 Å². The summed E-state index contributed by atoms with van der Waals surface area (Å²) in [4.78, 5) is 32.9. The first-order valence-electron chi connectivity index (χ1n) is 11.4. The molecule has 0 spiro atoms. The average molecular weight is 508 g/mol. The smallest absolute Gasteiger partial charge is 0.326 e. The largest absolute Gasteiger partial charge is 0.397 e. The molecule has 1 aliphatic heterocycles. The summed E-state index contributed by atoms with van der Waals surface area (Å²) in [6.07, 6.45) is 2.78. The second-order valence-electron chi connectivity index (χ2n) is 8.30. The van der Waals surface area contributed by atoms with Crippen LogP contribution in [0.25, 0.3) is 22.1 Å². The van der Waals surface area contributed by atoms with Crippen LogP contribution in [0.15, 0.2) is 52.1 Å². The number of piperidine rings is 1. The molecule has 0 saturated carbocycles. The number of aromatic nitrogens is 4. The molecule has 1 saturated heterocycles. The van der Waals surface area contributed by atoms with Gasteiger partial charge in [0.1, 0.15) is 0 Å². The number of rotatable bonds is 5. The van der Waals surface area contributed by atoms with Crippen LogP contribution in [0.1, 0.15) is 32.2 Å². The third kappa shape index (κ3) is 5.58. The highest BCUT2D eigenvalue weighted by atomic mass is 35.5. The Bertz CT molecular complexity index is 1330. The summed E-state index contributed by atoms with van der Waals surface area (Å²) in [6.45, 7) is 5.46. The standard InChI is InChI=1S/C22H24ClN5O2.C2H6O.ClH/c23-15-6-7-20-18(14-15)25-22(30)28(20)16-8-12-26(13-9-16)10-3-11-27-19-5-2-1-4-17(19)24-21(27)29;1-2-3;/h1-2,4-7,14,16H,3,8-13H2,(H,24,29)(H,25,30);3H,2H2,1H3;1H. The molecule has 0 aliphatic carbocycles. The lowest BCUT2D eigenvalue weighted by Crippen LogP contribution is -2.37. The number of hydrogen-bond acceptors (Lipinski definition) is 4. The molecule has 1 aliphatic rings. The zero-order valence-electron chi connectivity index (χ0n) is 19.2. The molecule has 0 radical (unpaired) electrons. The highest BCUT2D eigenvalue weighted by molar-refractivity contribution is 6.31. The van der Waals surface area contributed by atoms with Crippen LogP contribution in [-0.4, -0.2) is 55.3 Å². The van der Waals surface area contributed by atoms with Gasteiger partial charge in [0.2, 0.25) is 0 Å². The van der Waals surface area contributed by atoms with Crippen molar-refractivity contribution >= 4 is 46.1 Å². The number of hydrogen-bond donors (Lipinski definition) is 3. The minimum atomic E-state index is -0.0653. The summed E-state index contributed by atoms with van der Waals surface area (Å²) in [6, 6.07) is 13.5. The quantitative estimate of drug-likeness (QED) is 0.382. The van der Waals surface area contributed by atoms with E-state index in [9.17, 15) is 9.59 Å². The number of nitrogens with zero attached hydrogens (tertiary/aromatic N) is 3. The zero-order valence-corrected chi connectivity index (χ0v) is 20.7. The van der Waals surface area contributed by atoms with Crippen molar-refractivity contribution in [2.45, 2.75) is 38.8 Å². The molecule has 5 rings (SSSR count). The second-order valence-corrected chi connectivity index (χ2v) is 8.74. The van der Waals surface area contributed by atoms with Crippen LogP contribution in [0, 0.1) is 0 Å². The van der Waals surface area contributed by atoms with Gasteiger partial charge < -0.3 is 20.0 Å². The van der Waals surface area contributed by atoms with E-state index in [0.717, 1.165) is 61.0 Å². The summed E-state index contributed by atoms with van der Waals surface area (Å²) in [5, 5.41) is 8.19. The summed E-state index contributed by atoms with van der Waals surface area (Å²) in [5.41, 5.74) is 3.44. The highest BCUT2D eigenvalue weighted by Gasteiger charge is 2.23. The normalized spacial score (nSPS) is 14.7. The molecule has 8 nitrogen and oxygen atoms in total. The summed E-state index contributed by atoms with van der Waals surface area (Å²) in [7, 11) is 0. The molecule has 2 aromatic carbocycles. The Morgan fingerprint density at radius 3 is 2.38 bits per heavy atom. The van der Waals surface area contributed by atoms with E-state index in [1.165, 1.54) is 0 Å². The fourth-order valence-electron chi connectivity index (χ4n) is 4.65. The molecule has 0 atom stereocenters. The van der Waals surface area contributed by atoms with Gasteiger partial charge in [0.05, 0.1) is 22.1 Å². The van der Waals surface area contributed by atoms with Crippen LogP contribution in [0.2, 0.25) is 5.02 Å². The lowest BCUT2D eigenvalue weighted by atomic mass is 10.0. The van der Waals surface area contributed by atoms with Gasteiger partial charge in [-0.15, -0.1) is 12.4 Å². The Kier molecular flexibility index (Phi) is 9.02. The molecule has 0 bridgehead atoms. The van der Waals surface area contributed by atoms with Crippen molar-refractivity contribution in [1.29, 1.82) is 0 Å². The highest BCUT2D eigenvalue weighted by Crippen LogP contribution is 2.26. The van der Waals surface area contributed by atoms with Gasteiger partial charge in [-0.3, -0.25) is 9.13 Å². The summed E-state index contributed by atoms with van der Waals surface area (Å²) in [5.74, 6) is 0. The van der Waals surface area contributed by atoms with E-state index < -0.39 is 0 Å². The Labute approximate surface area is 208 Å². The Morgan fingerprint density at radius 1 is 0.971 bits per heavy atom. The number of fused-ring (bicyclic) bond motifs is 2. The van der Waals surface area contributed by atoms with E-state index in [1.54, 1.807) is 13.0 Å². The number of aliphatic hydroxyl groups excluding tert-OH is 1. The Balaban J connectivity index is 0.000000771. The van der Waals surface area contributed by atoms with Crippen molar-refractivity contribution in [3.8, 4) is 0 Å². The molecular weight excluding hydrogens is 477 g/mol. The third-order valence-electron chi connectivity index (χ3n) is 6.14. The predicted molar refractivity (Wildman–Crippen MR) is 139 cm³/mol. The van der Waals surface area contributed by atoms with Crippen LogP contribution in [0.3, 0.4) is 0 Å². The van der Waals surface area contributed by atoms with E-state index in [-0.39, 0.29) is 36.4 Å². The van der Waals surface area contributed by atoms with E-state index in [2.05, 4.69) is 14.9 Å². The number of aromatic amines is 2. The number of benzene rings is 2. The average Bonchev–Trinajstić information content (AvgIpc) is 3.30. The molecule has 0 amide bonds. The number of likely N-dealkylation sites (tertiary alicyclic amines) is 1. The van der Waals surface area contributed by atoms with Gasteiger partial charge >= 0.3 is 11.4 Å². The molecular formula is C24H31Cl2N5O3. The number of halogens is 2. The fourth-order valence-corrected chi connectivity index (χ4v) is 4.82. The number of para-hydroxylation sites is 2. The number of imidazole rings is 2. The number of H-pyrrole nitrogens is 2. The molecule has 0 unspecified atom stereocenters. The van der Waals surface area contributed by atoms with E-state index >= 15 is 0 Å². The summed E-state index contributed by atoms with van der Waals surface area (Å²) >= 11 is 6.05. The van der Waals surface area contributed by atoms with Gasteiger partial charge in [0.15, 0.2) is 0 Å². The van der Waals surface area contributed by atoms with Gasteiger partial charge in [-0.2, -0.15) is 0 Å². The van der Waals surface area contributed by atoms with Gasteiger partial charge in [0, 0.05) is 37.3 Å². The molecule has 1 fully saturated rings. The van der Waals surface area contributed by atoms with Gasteiger partial charge in [-0.05, 0) is 63.1 Å². The molecule has 3 N–H and O–H groups in total. The van der Waals surface area contributed by atoms with Crippen molar-refractivity contribution in [3.05, 3.63) is 68.5 Å². The fraction of sp³-hybridized carbons (Fsp3) is 0.417. The van der Waals surface area contributed by atoms with E-state index in [1.807, 2.05) is 45.5 Å². The maximum Gasteiger partial charge on any atom is 0.326 e. The molecule has 34 heavy (non-hydrogen) atoms. The topological polar surface area (TPSA) is 99.0 Å². The molecule has 3 heterocycles. The first kappa shape index (κ1) is 26.1. The van der Waals surface area contributed by atoms with Crippen LogP contribution in [0.5, 0.6) is 0 Å². The van der Waals surface area contributed by atoms with Crippen molar-refractivity contribution in [2.75, 3.05) is 26.2 Å². The van der Waals surface area contributed by atoms with E-state index in [0.29, 0.717) is 11.6 Å². The van der Waals surface area contributed by atoms with Gasteiger partial charge in [0.25, 0.3) is 0 Å². The lowest BCUT2D eigenvalue weighted by Gasteiger charge is -2.32. The van der Waals surface area contributed by atoms with Crippen molar-refractivity contribution < 1.29 is 5.11 Å². The maximum absolute atomic E-state index is 12.5. The second kappa shape index (κ2) is 11.8. The predicted octanol–water partition coefficient (Wildman–Crippen LogP) is 3.77.